The number of aliphatic hydroxyl groups excluding tert-OH is 1. The lowest BCUT2D eigenvalue weighted by molar-refractivity contribution is 0.167. The summed E-state index contributed by atoms with van der Waals surface area (Å²) in [5, 5.41) is 13.4. The number of nitrogens with two attached hydrogens (primary N) is 1. The second-order valence-corrected chi connectivity index (χ2v) is 2.91. The highest BCUT2D eigenvalue weighted by Crippen LogP contribution is 2.11. The van der Waals surface area contributed by atoms with Crippen molar-refractivity contribution in [2.45, 2.75) is 26.0 Å². The first-order valence-electron chi connectivity index (χ1n) is 3.94. The Hall–Kier alpha value is -0.940. The molecule has 1 aromatic rings. The summed E-state index contributed by atoms with van der Waals surface area (Å²) >= 11 is 0. The molecule has 12 heavy (non-hydrogen) atoms. The molecule has 0 saturated carbocycles. The lowest BCUT2D eigenvalue weighted by Crippen LogP contribution is -2.18. The molecule has 0 spiro atoms. The van der Waals surface area contributed by atoms with E-state index in [0.29, 0.717) is 5.82 Å². The van der Waals surface area contributed by atoms with Gasteiger partial charge in [-0.05, 0) is 13.8 Å². The normalized spacial score (nSPS) is 13.8. The van der Waals surface area contributed by atoms with E-state index in [2.05, 4.69) is 10.1 Å². The molecule has 0 amide bonds. The van der Waals surface area contributed by atoms with E-state index in [0.717, 1.165) is 0 Å². The molecule has 1 aromatic heterocycles. The van der Waals surface area contributed by atoms with Crippen LogP contribution < -0.4 is 5.73 Å². The van der Waals surface area contributed by atoms with Crippen molar-refractivity contribution in [2.75, 3.05) is 6.54 Å². The van der Waals surface area contributed by atoms with Crippen LogP contribution in [0.5, 0.6) is 0 Å². The molecule has 0 bridgehead atoms. The highest BCUT2D eigenvalue weighted by Gasteiger charge is 2.14. The van der Waals surface area contributed by atoms with Crippen LogP contribution in [0.25, 0.3) is 0 Å². The number of nitrogens with zero attached hydrogens (tertiary/aromatic N) is 3. The number of hydrogen-bond acceptors (Lipinski definition) is 4. The minimum absolute atomic E-state index is 0.172. The average Bonchev–Trinajstić information content (AvgIpc) is 2.50. The van der Waals surface area contributed by atoms with Crippen molar-refractivity contribution >= 4 is 0 Å². The monoisotopic (exact) mass is 170 g/mol. The summed E-state index contributed by atoms with van der Waals surface area (Å²) in [6.45, 7) is 4.12. The van der Waals surface area contributed by atoms with Crippen LogP contribution in [0.1, 0.15) is 31.8 Å². The van der Waals surface area contributed by atoms with Crippen molar-refractivity contribution in [3.63, 3.8) is 0 Å². The van der Waals surface area contributed by atoms with Gasteiger partial charge in [0.25, 0.3) is 0 Å². The van der Waals surface area contributed by atoms with Gasteiger partial charge in [-0.25, -0.2) is 9.67 Å². The van der Waals surface area contributed by atoms with Gasteiger partial charge in [0.2, 0.25) is 0 Å². The predicted molar refractivity (Wildman–Crippen MR) is 44.4 cm³/mol. The fraction of sp³-hybridized carbons (Fsp3) is 0.714. The van der Waals surface area contributed by atoms with Crippen molar-refractivity contribution in [1.82, 2.24) is 14.8 Å². The van der Waals surface area contributed by atoms with Crippen molar-refractivity contribution in [2.24, 2.45) is 5.73 Å². The standard InChI is InChI=1S/C7H14N4O/c1-5(2)11-7(6(12)3-8)9-4-10-11/h4-6,12H,3,8H2,1-2H3. The Kier molecular flexibility index (Phi) is 2.78. The fourth-order valence-electron chi connectivity index (χ4n) is 1.00. The Bertz CT molecular complexity index is 245. The summed E-state index contributed by atoms with van der Waals surface area (Å²) in [7, 11) is 0. The smallest absolute Gasteiger partial charge is 0.157 e. The van der Waals surface area contributed by atoms with E-state index in [1.54, 1.807) is 4.68 Å². The maximum Gasteiger partial charge on any atom is 0.157 e. The van der Waals surface area contributed by atoms with Crippen LogP contribution >= 0.6 is 0 Å². The molecule has 1 unspecified atom stereocenters. The summed E-state index contributed by atoms with van der Waals surface area (Å²) < 4.78 is 1.66. The van der Waals surface area contributed by atoms with E-state index in [9.17, 15) is 5.11 Å². The third-order valence-corrected chi connectivity index (χ3v) is 1.61. The lowest BCUT2D eigenvalue weighted by atomic mass is 10.3. The van der Waals surface area contributed by atoms with Gasteiger partial charge in [0.1, 0.15) is 12.4 Å². The van der Waals surface area contributed by atoms with Gasteiger partial charge >= 0.3 is 0 Å². The number of aliphatic hydroxyl groups is 1. The lowest BCUT2D eigenvalue weighted by Gasteiger charge is -2.12. The molecule has 68 valence electrons. The van der Waals surface area contributed by atoms with Crippen LogP contribution in [0.15, 0.2) is 6.33 Å². The van der Waals surface area contributed by atoms with Gasteiger partial charge in [0, 0.05) is 12.6 Å². The summed E-state index contributed by atoms with van der Waals surface area (Å²) in [6, 6.07) is 0.198. The SMILES string of the molecule is CC(C)n1ncnc1C(O)CN. The maximum atomic E-state index is 9.40. The van der Waals surface area contributed by atoms with Crippen LogP contribution in [0.2, 0.25) is 0 Å². The molecule has 0 aromatic carbocycles. The van der Waals surface area contributed by atoms with Crippen molar-refractivity contribution in [3.05, 3.63) is 12.2 Å². The third kappa shape index (κ3) is 1.62. The average molecular weight is 170 g/mol. The van der Waals surface area contributed by atoms with Crippen LogP contribution in [-0.4, -0.2) is 26.4 Å². The number of aromatic nitrogens is 3. The summed E-state index contributed by atoms with van der Waals surface area (Å²) in [4.78, 5) is 3.93. The molecule has 0 aliphatic rings. The van der Waals surface area contributed by atoms with Crippen molar-refractivity contribution < 1.29 is 5.11 Å². The van der Waals surface area contributed by atoms with Gasteiger partial charge in [0.05, 0.1) is 0 Å². The van der Waals surface area contributed by atoms with Gasteiger partial charge in [0.15, 0.2) is 5.82 Å². The molecule has 1 atom stereocenters. The zero-order valence-electron chi connectivity index (χ0n) is 7.31. The Balaban J connectivity index is 2.91. The van der Waals surface area contributed by atoms with Crippen molar-refractivity contribution in [1.29, 1.82) is 0 Å². The van der Waals surface area contributed by atoms with E-state index >= 15 is 0 Å². The molecular weight excluding hydrogens is 156 g/mol. The van der Waals surface area contributed by atoms with Crippen LogP contribution in [0.4, 0.5) is 0 Å². The second-order valence-electron chi connectivity index (χ2n) is 2.91. The zero-order chi connectivity index (χ0) is 9.14. The summed E-state index contributed by atoms with van der Waals surface area (Å²) in [5.74, 6) is 0.535. The van der Waals surface area contributed by atoms with Gasteiger partial charge < -0.3 is 10.8 Å². The molecule has 3 N–H and O–H groups in total. The van der Waals surface area contributed by atoms with E-state index in [4.69, 9.17) is 5.73 Å². The highest BCUT2D eigenvalue weighted by molar-refractivity contribution is 4.91. The number of hydrogen-bond donors (Lipinski definition) is 2. The molecule has 0 aliphatic carbocycles. The zero-order valence-corrected chi connectivity index (χ0v) is 7.31. The maximum absolute atomic E-state index is 9.40. The van der Waals surface area contributed by atoms with Gasteiger partial charge in [-0.1, -0.05) is 0 Å². The van der Waals surface area contributed by atoms with E-state index in [-0.39, 0.29) is 12.6 Å². The molecular formula is C7H14N4O. The van der Waals surface area contributed by atoms with Gasteiger partial charge in [-0.15, -0.1) is 0 Å². The van der Waals surface area contributed by atoms with Crippen LogP contribution in [0.3, 0.4) is 0 Å². The summed E-state index contributed by atoms with van der Waals surface area (Å²) in [6.07, 6.45) is 0.712. The van der Waals surface area contributed by atoms with E-state index in [1.807, 2.05) is 13.8 Å². The fourth-order valence-corrected chi connectivity index (χ4v) is 1.00. The Morgan fingerprint density at radius 2 is 2.33 bits per heavy atom. The first kappa shape index (κ1) is 9.15. The quantitative estimate of drug-likeness (QED) is 0.661. The molecule has 1 rings (SSSR count). The molecule has 5 nitrogen and oxygen atoms in total. The molecule has 0 fully saturated rings. The summed E-state index contributed by atoms with van der Waals surface area (Å²) in [5.41, 5.74) is 5.30. The third-order valence-electron chi connectivity index (χ3n) is 1.61. The van der Waals surface area contributed by atoms with Crippen LogP contribution in [-0.2, 0) is 0 Å². The minimum atomic E-state index is -0.713. The van der Waals surface area contributed by atoms with Gasteiger partial charge in [-0.2, -0.15) is 5.10 Å². The Labute approximate surface area is 71.2 Å². The first-order valence-corrected chi connectivity index (χ1v) is 3.94. The van der Waals surface area contributed by atoms with Gasteiger partial charge in [-0.3, -0.25) is 0 Å². The number of rotatable bonds is 3. The predicted octanol–water partition coefficient (Wildman–Crippen LogP) is -0.149. The minimum Gasteiger partial charge on any atom is -0.384 e. The Morgan fingerprint density at radius 1 is 1.67 bits per heavy atom. The molecule has 0 saturated heterocycles. The van der Waals surface area contributed by atoms with Crippen molar-refractivity contribution in [3.8, 4) is 0 Å². The molecule has 0 radical (unpaired) electrons. The Morgan fingerprint density at radius 3 is 2.83 bits per heavy atom. The molecule has 5 heteroatoms. The van der Waals surface area contributed by atoms with E-state index in [1.165, 1.54) is 6.33 Å². The van der Waals surface area contributed by atoms with E-state index < -0.39 is 6.10 Å². The molecule has 0 aliphatic heterocycles. The molecule has 1 heterocycles. The van der Waals surface area contributed by atoms with Crippen LogP contribution in [0, 0.1) is 0 Å². The second kappa shape index (κ2) is 3.64. The highest BCUT2D eigenvalue weighted by atomic mass is 16.3. The largest absolute Gasteiger partial charge is 0.384 e. The first-order chi connectivity index (χ1) is 5.66. The topological polar surface area (TPSA) is 77.0 Å².